The van der Waals surface area contributed by atoms with Gasteiger partial charge >= 0.3 is 11.8 Å². The van der Waals surface area contributed by atoms with Crippen LogP contribution in [0.1, 0.15) is 37.3 Å². The normalized spacial score (nSPS) is 16.0. The van der Waals surface area contributed by atoms with Gasteiger partial charge in [0.05, 0.1) is 13.2 Å². The first kappa shape index (κ1) is 20.4. The van der Waals surface area contributed by atoms with Gasteiger partial charge in [-0.25, -0.2) is 0 Å². The van der Waals surface area contributed by atoms with Crippen molar-refractivity contribution in [1.29, 1.82) is 0 Å². The third kappa shape index (κ3) is 5.56. The number of carbonyl (C=O) groups is 2. The molecule has 2 N–H and O–H groups in total. The van der Waals surface area contributed by atoms with E-state index in [9.17, 15) is 9.59 Å². The quantitative estimate of drug-likeness (QED) is 0.728. The lowest BCUT2D eigenvalue weighted by atomic mass is 10.1. The van der Waals surface area contributed by atoms with E-state index in [0.29, 0.717) is 18.0 Å². The van der Waals surface area contributed by atoms with Gasteiger partial charge in [-0.05, 0) is 60.5 Å². The summed E-state index contributed by atoms with van der Waals surface area (Å²) < 4.78 is 5.14. The number of carbonyl (C=O) groups excluding carboxylic acids is 2. The fourth-order valence-corrected chi connectivity index (χ4v) is 4.19. The molecule has 1 aliphatic heterocycles. The molecule has 0 aliphatic carbocycles. The highest BCUT2D eigenvalue weighted by Gasteiger charge is 2.24. The molecule has 6 nitrogen and oxygen atoms in total. The number of nitrogens with one attached hydrogen (secondary N) is 2. The van der Waals surface area contributed by atoms with Crippen LogP contribution in [-0.2, 0) is 9.59 Å². The molecule has 150 valence electrons. The maximum absolute atomic E-state index is 12.4. The number of hydrogen-bond donors (Lipinski definition) is 2. The Hall–Kier alpha value is -2.38. The molecule has 1 aliphatic rings. The number of benzene rings is 1. The second-order valence-corrected chi connectivity index (χ2v) is 7.70. The minimum absolute atomic E-state index is 0.0953. The molecule has 2 aromatic rings. The Morgan fingerprint density at radius 3 is 2.61 bits per heavy atom. The first-order chi connectivity index (χ1) is 13.7. The van der Waals surface area contributed by atoms with Gasteiger partial charge in [0.1, 0.15) is 5.75 Å². The fraction of sp³-hybridized carbons (Fsp3) is 0.429. The van der Waals surface area contributed by atoms with Gasteiger partial charge in [0.15, 0.2) is 0 Å². The highest BCUT2D eigenvalue weighted by molar-refractivity contribution is 7.08. The molecule has 1 aromatic carbocycles. The summed E-state index contributed by atoms with van der Waals surface area (Å²) in [4.78, 5) is 27.0. The van der Waals surface area contributed by atoms with Crippen molar-refractivity contribution in [2.24, 2.45) is 0 Å². The summed E-state index contributed by atoms with van der Waals surface area (Å²) in [6, 6.07) is 9.14. The van der Waals surface area contributed by atoms with Gasteiger partial charge in [-0.1, -0.05) is 18.9 Å². The topological polar surface area (TPSA) is 70.7 Å². The molecule has 2 amide bonds. The van der Waals surface area contributed by atoms with Crippen molar-refractivity contribution in [2.75, 3.05) is 32.1 Å². The first-order valence-corrected chi connectivity index (χ1v) is 10.6. The number of thiophene rings is 1. The molecule has 0 saturated carbocycles. The molecule has 0 radical (unpaired) electrons. The molecule has 7 heteroatoms. The van der Waals surface area contributed by atoms with E-state index < -0.39 is 11.8 Å². The zero-order chi connectivity index (χ0) is 19.8. The van der Waals surface area contributed by atoms with E-state index in [-0.39, 0.29) is 6.04 Å². The number of ether oxygens (including phenoxy) is 1. The van der Waals surface area contributed by atoms with Crippen molar-refractivity contribution < 1.29 is 14.3 Å². The lowest BCUT2D eigenvalue weighted by Crippen LogP contribution is -2.42. The van der Waals surface area contributed by atoms with E-state index >= 15 is 0 Å². The smallest absolute Gasteiger partial charge is 0.313 e. The van der Waals surface area contributed by atoms with Gasteiger partial charge in [-0.2, -0.15) is 11.3 Å². The van der Waals surface area contributed by atoms with Crippen molar-refractivity contribution in [3.63, 3.8) is 0 Å². The van der Waals surface area contributed by atoms with Crippen LogP contribution in [0, 0.1) is 0 Å². The minimum atomic E-state index is -0.673. The molecule has 3 rings (SSSR count). The molecule has 0 bridgehead atoms. The van der Waals surface area contributed by atoms with Crippen LogP contribution in [0.4, 0.5) is 5.69 Å². The molecule has 2 heterocycles. The van der Waals surface area contributed by atoms with Crippen LogP contribution in [0.25, 0.3) is 0 Å². The van der Waals surface area contributed by atoms with E-state index in [1.807, 2.05) is 0 Å². The Morgan fingerprint density at radius 2 is 1.93 bits per heavy atom. The van der Waals surface area contributed by atoms with Gasteiger partial charge in [0.25, 0.3) is 0 Å². The fourth-order valence-electron chi connectivity index (χ4n) is 3.49. The Labute approximate surface area is 169 Å². The van der Waals surface area contributed by atoms with Crippen LogP contribution in [0.3, 0.4) is 0 Å². The molecule has 28 heavy (non-hydrogen) atoms. The Kier molecular flexibility index (Phi) is 7.45. The molecule has 1 fully saturated rings. The Balaban J connectivity index is 1.60. The second-order valence-electron chi connectivity index (χ2n) is 6.92. The average Bonchev–Trinajstić information content (AvgIpc) is 3.11. The minimum Gasteiger partial charge on any atom is -0.497 e. The summed E-state index contributed by atoms with van der Waals surface area (Å²) in [7, 11) is 1.56. The molecule has 0 spiro atoms. The Bertz CT molecular complexity index is 771. The summed E-state index contributed by atoms with van der Waals surface area (Å²) in [6.45, 7) is 2.46. The van der Waals surface area contributed by atoms with Gasteiger partial charge in [-0.15, -0.1) is 0 Å². The summed E-state index contributed by atoms with van der Waals surface area (Å²) in [5, 5.41) is 9.62. The molecule has 1 atom stereocenters. The monoisotopic (exact) mass is 401 g/mol. The Morgan fingerprint density at radius 1 is 1.14 bits per heavy atom. The van der Waals surface area contributed by atoms with Crippen LogP contribution < -0.4 is 15.4 Å². The van der Waals surface area contributed by atoms with Gasteiger partial charge in [-0.3, -0.25) is 14.5 Å². The highest BCUT2D eigenvalue weighted by atomic mass is 32.1. The molecule has 1 unspecified atom stereocenters. The third-order valence-corrected chi connectivity index (χ3v) is 5.70. The number of amides is 2. The van der Waals surface area contributed by atoms with E-state index in [0.717, 1.165) is 13.1 Å². The molecule has 1 aromatic heterocycles. The predicted molar refractivity (Wildman–Crippen MR) is 112 cm³/mol. The summed E-state index contributed by atoms with van der Waals surface area (Å²) in [6.07, 6.45) is 4.85. The van der Waals surface area contributed by atoms with Crippen molar-refractivity contribution in [3.05, 3.63) is 46.7 Å². The maximum atomic E-state index is 12.4. The predicted octanol–water partition coefficient (Wildman–Crippen LogP) is 3.43. The number of anilines is 1. The average molecular weight is 402 g/mol. The van der Waals surface area contributed by atoms with Crippen molar-refractivity contribution >= 4 is 28.8 Å². The third-order valence-electron chi connectivity index (χ3n) is 5.00. The second kappa shape index (κ2) is 10.2. The number of methoxy groups -OCH3 is 1. The van der Waals surface area contributed by atoms with Crippen molar-refractivity contribution in [2.45, 2.75) is 31.7 Å². The zero-order valence-electron chi connectivity index (χ0n) is 16.1. The number of rotatable bonds is 6. The summed E-state index contributed by atoms with van der Waals surface area (Å²) in [5.41, 5.74) is 1.72. The van der Waals surface area contributed by atoms with Crippen molar-refractivity contribution in [3.8, 4) is 5.75 Å². The number of hydrogen-bond acceptors (Lipinski definition) is 5. The molecular weight excluding hydrogens is 374 g/mol. The van der Waals surface area contributed by atoms with Crippen LogP contribution in [0.2, 0.25) is 0 Å². The van der Waals surface area contributed by atoms with Gasteiger partial charge in [0.2, 0.25) is 0 Å². The SMILES string of the molecule is COc1cccc(NC(=O)C(=O)NCC(c2ccsc2)N2CCCCCC2)c1. The van der Waals surface area contributed by atoms with Gasteiger partial charge < -0.3 is 15.4 Å². The molecular formula is C21H27N3O3S. The number of nitrogens with zero attached hydrogens (tertiary/aromatic N) is 1. The van der Waals surface area contributed by atoms with E-state index in [4.69, 9.17) is 4.74 Å². The lowest BCUT2D eigenvalue weighted by Gasteiger charge is -2.30. The van der Waals surface area contributed by atoms with Crippen LogP contribution >= 0.6 is 11.3 Å². The zero-order valence-corrected chi connectivity index (χ0v) is 17.0. The van der Waals surface area contributed by atoms with Crippen LogP contribution in [0.5, 0.6) is 5.75 Å². The van der Waals surface area contributed by atoms with E-state index in [1.165, 1.54) is 31.2 Å². The van der Waals surface area contributed by atoms with E-state index in [1.54, 1.807) is 42.7 Å². The number of likely N-dealkylation sites (tertiary alicyclic amines) is 1. The summed E-state index contributed by atoms with van der Waals surface area (Å²) in [5.74, 6) is -0.678. The highest BCUT2D eigenvalue weighted by Crippen LogP contribution is 2.25. The summed E-state index contributed by atoms with van der Waals surface area (Å²) >= 11 is 1.65. The first-order valence-electron chi connectivity index (χ1n) is 9.67. The lowest BCUT2D eigenvalue weighted by molar-refractivity contribution is -0.136. The van der Waals surface area contributed by atoms with E-state index in [2.05, 4.69) is 32.4 Å². The largest absolute Gasteiger partial charge is 0.497 e. The van der Waals surface area contributed by atoms with Crippen LogP contribution in [0.15, 0.2) is 41.1 Å². The van der Waals surface area contributed by atoms with Crippen LogP contribution in [-0.4, -0.2) is 43.5 Å². The van der Waals surface area contributed by atoms with Gasteiger partial charge in [0, 0.05) is 18.3 Å². The standard InChI is InChI=1S/C21H27N3O3S/c1-27-18-8-6-7-17(13-18)23-21(26)20(25)22-14-19(16-9-12-28-15-16)24-10-4-2-3-5-11-24/h6-9,12-13,15,19H,2-5,10-11,14H2,1H3,(H,22,25)(H,23,26). The molecule has 1 saturated heterocycles. The maximum Gasteiger partial charge on any atom is 0.313 e. The van der Waals surface area contributed by atoms with Crippen molar-refractivity contribution in [1.82, 2.24) is 10.2 Å².